The van der Waals surface area contributed by atoms with Gasteiger partial charge in [0.25, 0.3) is 11.8 Å². The summed E-state index contributed by atoms with van der Waals surface area (Å²) in [6.45, 7) is 8.55. The van der Waals surface area contributed by atoms with Crippen LogP contribution in [0.2, 0.25) is 0 Å². The summed E-state index contributed by atoms with van der Waals surface area (Å²) in [4.78, 5) is 37.0. The van der Waals surface area contributed by atoms with E-state index in [0.717, 1.165) is 16.9 Å². The third-order valence-electron chi connectivity index (χ3n) is 5.03. The van der Waals surface area contributed by atoms with Crippen LogP contribution >= 0.6 is 0 Å². The highest BCUT2D eigenvalue weighted by Gasteiger charge is 2.19. The van der Waals surface area contributed by atoms with Gasteiger partial charge in [0, 0.05) is 18.3 Å². The molecule has 0 saturated carbocycles. The first-order valence-corrected chi connectivity index (χ1v) is 10.7. The highest BCUT2D eigenvalue weighted by Crippen LogP contribution is 2.17. The lowest BCUT2D eigenvalue weighted by molar-refractivity contribution is -0.881. The SMILES string of the molecule is CC[C@@H](NC(=O)C[NH+](CC)CC(=O)Nc1ccc(NC(C)=O)cc1)c1ccc(C)cc1. The van der Waals surface area contributed by atoms with Gasteiger partial charge in [-0.05, 0) is 50.1 Å². The van der Waals surface area contributed by atoms with Crippen molar-refractivity contribution in [1.29, 1.82) is 0 Å². The number of likely N-dealkylation sites (N-methyl/N-ethyl adjacent to an activating group) is 1. The summed E-state index contributed by atoms with van der Waals surface area (Å²) < 4.78 is 0. The first-order valence-electron chi connectivity index (χ1n) is 10.7. The van der Waals surface area contributed by atoms with Crippen LogP contribution in [-0.2, 0) is 14.4 Å². The van der Waals surface area contributed by atoms with E-state index in [1.54, 1.807) is 24.3 Å². The summed E-state index contributed by atoms with van der Waals surface area (Å²) in [7, 11) is 0. The van der Waals surface area contributed by atoms with Crippen LogP contribution in [0.15, 0.2) is 48.5 Å². The zero-order valence-corrected chi connectivity index (χ0v) is 18.7. The Kier molecular flexibility index (Phi) is 9.21. The Labute approximate surface area is 184 Å². The second-order valence-corrected chi connectivity index (χ2v) is 7.70. The standard InChI is InChI=1S/C24H32N4O3/c1-5-22(19-9-7-17(3)8-10-19)27-24(31)16-28(6-2)15-23(30)26-21-13-11-20(12-14-21)25-18(4)29/h7-14,22H,5-6,15-16H2,1-4H3,(H,25,29)(H,26,30)(H,27,31)/p+1/t22-/m1/s1. The van der Waals surface area contributed by atoms with Gasteiger partial charge in [0.2, 0.25) is 5.91 Å². The third kappa shape index (κ3) is 8.22. The first-order chi connectivity index (χ1) is 14.8. The van der Waals surface area contributed by atoms with Crippen LogP contribution in [-0.4, -0.2) is 37.4 Å². The molecular weight excluding hydrogens is 392 g/mol. The predicted molar refractivity (Wildman–Crippen MR) is 123 cm³/mol. The maximum absolute atomic E-state index is 12.6. The second kappa shape index (κ2) is 11.9. The summed E-state index contributed by atoms with van der Waals surface area (Å²) >= 11 is 0. The van der Waals surface area contributed by atoms with Gasteiger partial charge in [-0.15, -0.1) is 0 Å². The zero-order valence-electron chi connectivity index (χ0n) is 18.7. The van der Waals surface area contributed by atoms with E-state index < -0.39 is 0 Å². The molecule has 0 aromatic heterocycles. The number of hydrogen-bond acceptors (Lipinski definition) is 3. The number of rotatable bonds is 10. The summed E-state index contributed by atoms with van der Waals surface area (Å²) in [5, 5.41) is 8.61. The first kappa shape index (κ1) is 24.1. The minimum Gasteiger partial charge on any atom is -0.344 e. The molecular formula is C24H33N4O3+. The molecule has 4 N–H and O–H groups in total. The molecule has 31 heavy (non-hydrogen) atoms. The van der Waals surface area contributed by atoms with Gasteiger partial charge in [0.1, 0.15) is 0 Å². The Bertz CT molecular complexity index is 879. The van der Waals surface area contributed by atoms with Crippen LogP contribution in [0.4, 0.5) is 11.4 Å². The molecule has 2 rings (SSSR count). The number of anilines is 2. The molecule has 0 fully saturated rings. The van der Waals surface area contributed by atoms with E-state index in [1.807, 2.05) is 45.0 Å². The molecule has 2 aromatic rings. The van der Waals surface area contributed by atoms with Gasteiger partial charge in [-0.25, -0.2) is 0 Å². The minimum atomic E-state index is -0.164. The molecule has 0 bridgehead atoms. The molecule has 0 spiro atoms. The van der Waals surface area contributed by atoms with E-state index in [4.69, 9.17) is 0 Å². The van der Waals surface area contributed by atoms with Gasteiger partial charge in [0.15, 0.2) is 13.1 Å². The number of benzene rings is 2. The number of carbonyl (C=O) groups is 3. The smallest absolute Gasteiger partial charge is 0.279 e. The number of carbonyl (C=O) groups excluding carboxylic acids is 3. The van der Waals surface area contributed by atoms with Crippen molar-refractivity contribution in [3.63, 3.8) is 0 Å². The van der Waals surface area contributed by atoms with Crippen molar-refractivity contribution in [2.24, 2.45) is 0 Å². The van der Waals surface area contributed by atoms with Gasteiger partial charge in [-0.1, -0.05) is 36.8 Å². The predicted octanol–water partition coefficient (Wildman–Crippen LogP) is 2.06. The van der Waals surface area contributed by atoms with Crippen molar-refractivity contribution in [3.8, 4) is 0 Å². The van der Waals surface area contributed by atoms with Crippen molar-refractivity contribution >= 4 is 29.1 Å². The lowest BCUT2D eigenvalue weighted by atomic mass is 10.0. The molecule has 0 radical (unpaired) electrons. The number of amides is 3. The molecule has 7 nitrogen and oxygen atoms in total. The summed E-state index contributed by atoms with van der Waals surface area (Å²) in [5.41, 5.74) is 3.58. The molecule has 0 aliphatic heterocycles. The molecule has 0 saturated heterocycles. The van der Waals surface area contributed by atoms with E-state index in [2.05, 4.69) is 16.0 Å². The van der Waals surface area contributed by atoms with E-state index >= 15 is 0 Å². The molecule has 3 amide bonds. The second-order valence-electron chi connectivity index (χ2n) is 7.70. The van der Waals surface area contributed by atoms with Crippen LogP contribution in [0, 0.1) is 6.92 Å². The largest absolute Gasteiger partial charge is 0.344 e. The van der Waals surface area contributed by atoms with Gasteiger partial charge in [-0.3, -0.25) is 14.4 Å². The monoisotopic (exact) mass is 425 g/mol. The maximum Gasteiger partial charge on any atom is 0.279 e. The highest BCUT2D eigenvalue weighted by molar-refractivity contribution is 5.92. The van der Waals surface area contributed by atoms with E-state index in [1.165, 1.54) is 12.5 Å². The van der Waals surface area contributed by atoms with Crippen LogP contribution in [0.5, 0.6) is 0 Å². The van der Waals surface area contributed by atoms with Gasteiger partial charge in [-0.2, -0.15) is 0 Å². The Hall–Kier alpha value is -3.19. The number of hydrogen-bond donors (Lipinski definition) is 4. The molecule has 1 unspecified atom stereocenters. The Morgan fingerprint density at radius 3 is 1.90 bits per heavy atom. The average Bonchev–Trinajstić information content (AvgIpc) is 2.73. The molecule has 2 atom stereocenters. The Morgan fingerprint density at radius 1 is 0.839 bits per heavy atom. The van der Waals surface area contributed by atoms with E-state index in [9.17, 15) is 14.4 Å². The van der Waals surface area contributed by atoms with E-state index in [-0.39, 0.29) is 36.9 Å². The lowest BCUT2D eigenvalue weighted by Crippen LogP contribution is -3.14. The molecule has 0 aliphatic carbocycles. The van der Waals surface area contributed by atoms with Gasteiger partial charge in [0.05, 0.1) is 12.6 Å². The van der Waals surface area contributed by atoms with E-state index in [0.29, 0.717) is 17.9 Å². The topological polar surface area (TPSA) is 91.7 Å². The molecule has 2 aromatic carbocycles. The fraction of sp³-hybridized carbons (Fsp3) is 0.375. The Balaban J connectivity index is 1.87. The summed E-state index contributed by atoms with van der Waals surface area (Å²) in [6, 6.07) is 15.0. The molecule has 0 aliphatic rings. The van der Waals surface area contributed by atoms with Gasteiger partial charge < -0.3 is 20.9 Å². The van der Waals surface area contributed by atoms with Crippen LogP contribution in [0.3, 0.4) is 0 Å². The normalized spacial score (nSPS) is 12.5. The third-order valence-corrected chi connectivity index (χ3v) is 5.03. The number of nitrogens with one attached hydrogen (secondary N) is 4. The van der Waals surface area contributed by atoms with Crippen molar-refractivity contribution < 1.29 is 19.3 Å². The van der Waals surface area contributed by atoms with Crippen LogP contribution < -0.4 is 20.9 Å². The fourth-order valence-electron chi connectivity index (χ4n) is 3.28. The summed E-state index contributed by atoms with van der Waals surface area (Å²) in [6.07, 6.45) is 0.797. The number of quaternary nitrogens is 1. The number of aryl methyl sites for hydroxylation is 1. The molecule has 0 heterocycles. The quantitative estimate of drug-likeness (QED) is 0.470. The Morgan fingerprint density at radius 2 is 1.39 bits per heavy atom. The minimum absolute atomic E-state index is 0.0397. The maximum atomic E-state index is 12.6. The van der Waals surface area contributed by atoms with Crippen LogP contribution in [0.1, 0.15) is 44.4 Å². The lowest BCUT2D eigenvalue weighted by Gasteiger charge is -2.21. The average molecular weight is 426 g/mol. The van der Waals surface area contributed by atoms with Crippen molar-refractivity contribution in [2.45, 2.75) is 40.2 Å². The van der Waals surface area contributed by atoms with Gasteiger partial charge >= 0.3 is 0 Å². The van der Waals surface area contributed by atoms with Crippen molar-refractivity contribution in [2.75, 3.05) is 30.3 Å². The van der Waals surface area contributed by atoms with Crippen LogP contribution in [0.25, 0.3) is 0 Å². The molecule has 166 valence electrons. The summed E-state index contributed by atoms with van der Waals surface area (Å²) in [5.74, 6) is -0.385. The van der Waals surface area contributed by atoms with Crippen molar-refractivity contribution in [1.82, 2.24) is 5.32 Å². The fourth-order valence-corrected chi connectivity index (χ4v) is 3.28. The van der Waals surface area contributed by atoms with Crippen molar-refractivity contribution in [3.05, 3.63) is 59.7 Å². The highest BCUT2D eigenvalue weighted by atomic mass is 16.2. The molecule has 7 heteroatoms. The zero-order chi connectivity index (χ0) is 22.8.